The molecular weight excluding hydrogens is 354 g/mol. The number of hydrogen-bond acceptors (Lipinski definition) is 5. The summed E-state index contributed by atoms with van der Waals surface area (Å²) in [6.45, 7) is 4.09. The number of hydrogen-bond donors (Lipinski definition) is 1. The van der Waals surface area contributed by atoms with Crippen LogP contribution >= 0.6 is 23.6 Å². The molecule has 0 saturated heterocycles. The number of benzene rings is 1. The number of aromatic nitrogens is 4. The second-order valence-electron chi connectivity index (χ2n) is 6.21. The van der Waals surface area contributed by atoms with Crippen LogP contribution in [-0.2, 0) is 13.1 Å². The van der Waals surface area contributed by atoms with Crippen LogP contribution in [0.25, 0.3) is 5.69 Å². The number of rotatable bonds is 4. The Labute approximate surface area is 155 Å². The molecule has 0 spiro atoms. The van der Waals surface area contributed by atoms with Crippen molar-refractivity contribution in [1.82, 2.24) is 19.8 Å². The largest absolute Gasteiger partial charge is 0.497 e. The summed E-state index contributed by atoms with van der Waals surface area (Å²) in [5, 5.41) is 10.7. The number of tetrazole rings is 1. The lowest BCUT2D eigenvalue weighted by molar-refractivity contribution is -0.954. The monoisotopic (exact) mass is 374 g/mol. The lowest BCUT2D eigenvalue weighted by Gasteiger charge is -2.29. The first kappa shape index (κ1) is 16.4. The van der Waals surface area contributed by atoms with Gasteiger partial charge in [0.25, 0.3) is 0 Å². The van der Waals surface area contributed by atoms with Gasteiger partial charge in [0, 0.05) is 16.9 Å². The smallest absolute Gasteiger partial charge is 0.225 e. The number of ether oxygens (including phenoxy) is 1. The van der Waals surface area contributed by atoms with E-state index in [-0.39, 0.29) is 0 Å². The average Bonchev–Trinajstić information content (AvgIpc) is 3.25. The number of nitrogens with zero attached hydrogens (tertiary/aromatic N) is 4. The maximum absolute atomic E-state index is 5.60. The van der Waals surface area contributed by atoms with E-state index < -0.39 is 0 Å². The third kappa shape index (κ3) is 3.01. The van der Waals surface area contributed by atoms with Crippen molar-refractivity contribution in [2.75, 3.05) is 13.7 Å². The van der Waals surface area contributed by atoms with Gasteiger partial charge in [-0.2, -0.15) is 9.36 Å². The van der Waals surface area contributed by atoms with Crippen molar-refractivity contribution in [3.63, 3.8) is 0 Å². The summed E-state index contributed by atoms with van der Waals surface area (Å²) in [5.41, 5.74) is 2.35. The summed E-state index contributed by atoms with van der Waals surface area (Å²) in [6.07, 6.45) is 1.12. The predicted molar refractivity (Wildman–Crippen MR) is 99.0 cm³/mol. The third-order valence-electron chi connectivity index (χ3n) is 4.84. The van der Waals surface area contributed by atoms with E-state index in [9.17, 15) is 0 Å². The van der Waals surface area contributed by atoms with Crippen LogP contribution < -0.4 is 9.64 Å². The molecule has 0 radical (unpaired) electrons. The van der Waals surface area contributed by atoms with Gasteiger partial charge in [0.1, 0.15) is 11.8 Å². The van der Waals surface area contributed by atoms with E-state index in [1.807, 2.05) is 40.3 Å². The molecule has 4 rings (SSSR count). The number of quaternary nitrogens is 1. The van der Waals surface area contributed by atoms with Crippen molar-refractivity contribution in [3.05, 3.63) is 50.9 Å². The second-order valence-corrected chi connectivity index (χ2v) is 7.57. The SMILES string of the molecule is COc1ccc(-n2nnn(C[NH+]3CCc4sccc4[C@@H]3C)c2=S)cc1. The normalized spacial score (nSPS) is 19.6. The molecular formula is C17H20N5OS2+. The highest BCUT2D eigenvalue weighted by atomic mass is 32.1. The quantitative estimate of drug-likeness (QED) is 0.710. The van der Waals surface area contributed by atoms with Gasteiger partial charge in [0.05, 0.1) is 19.3 Å². The van der Waals surface area contributed by atoms with Crippen LogP contribution in [0.5, 0.6) is 5.75 Å². The first-order valence-electron chi connectivity index (χ1n) is 8.25. The molecule has 0 saturated carbocycles. The molecule has 8 heteroatoms. The third-order valence-corrected chi connectivity index (χ3v) is 6.22. The Bertz CT molecular complexity index is 927. The fourth-order valence-corrected chi connectivity index (χ4v) is 4.54. The summed E-state index contributed by atoms with van der Waals surface area (Å²) in [5.74, 6) is 0.806. The van der Waals surface area contributed by atoms with Crippen molar-refractivity contribution in [3.8, 4) is 11.4 Å². The van der Waals surface area contributed by atoms with E-state index >= 15 is 0 Å². The fourth-order valence-electron chi connectivity index (χ4n) is 3.32. The molecule has 2 aromatic heterocycles. The van der Waals surface area contributed by atoms with Gasteiger partial charge in [0.15, 0.2) is 6.67 Å². The van der Waals surface area contributed by atoms with E-state index in [0.29, 0.717) is 10.8 Å². The van der Waals surface area contributed by atoms with Gasteiger partial charge < -0.3 is 9.64 Å². The van der Waals surface area contributed by atoms with Gasteiger partial charge in [-0.1, -0.05) is 0 Å². The minimum Gasteiger partial charge on any atom is -0.497 e. The van der Waals surface area contributed by atoms with Crippen LogP contribution in [0.15, 0.2) is 35.7 Å². The van der Waals surface area contributed by atoms with Crippen molar-refractivity contribution in [1.29, 1.82) is 0 Å². The van der Waals surface area contributed by atoms with Crippen molar-refractivity contribution >= 4 is 23.6 Å². The van der Waals surface area contributed by atoms with Gasteiger partial charge in [0.2, 0.25) is 4.77 Å². The molecule has 1 aliphatic heterocycles. The maximum atomic E-state index is 5.60. The molecule has 1 N–H and O–H groups in total. The summed E-state index contributed by atoms with van der Waals surface area (Å²) in [7, 11) is 1.65. The highest BCUT2D eigenvalue weighted by Crippen LogP contribution is 2.24. The Kier molecular flexibility index (Phi) is 4.41. The first-order valence-corrected chi connectivity index (χ1v) is 9.54. The highest BCUT2D eigenvalue weighted by Gasteiger charge is 2.28. The van der Waals surface area contributed by atoms with E-state index in [4.69, 9.17) is 17.0 Å². The highest BCUT2D eigenvalue weighted by molar-refractivity contribution is 7.71. The topological polar surface area (TPSA) is 49.3 Å². The van der Waals surface area contributed by atoms with Gasteiger partial charge in [-0.3, -0.25) is 0 Å². The van der Waals surface area contributed by atoms with Gasteiger partial charge in [-0.25, -0.2) is 0 Å². The molecule has 25 heavy (non-hydrogen) atoms. The summed E-state index contributed by atoms with van der Waals surface area (Å²) < 4.78 is 9.32. The molecule has 6 nitrogen and oxygen atoms in total. The zero-order chi connectivity index (χ0) is 17.4. The number of thiophene rings is 1. The van der Waals surface area contributed by atoms with Crippen molar-refractivity contribution in [2.45, 2.75) is 26.1 Å². The summed E-state index contributed by atoms with van der Waals surface area (Å²) >= 11 is 7.46. The Morgan fingerprint density at radius 2 is 2.08 bits per heavy atom. The summed E-state index contributed by atoms with van der Waals surface area (Å²) in [6, 6.07) is 10.3. The molecule has 0 aliphatic carbocycles. The number of nitrogens with one attached hydrogen (secondary N) is 1. The molecule has 0 fully saturated rings. The van der Waals surface area contributed by atoms with Gasteiger partial charge in [-0.15, -0.1) is 11.3 Å². The fraction of sp³-hybridized carbons (Fsp3) is 0.353. The van der Waals surface area contributed by atoms with Crippen LogP contribution in [0.2, 0.25) is 0 Å². The van der Waals surface area contributed by atoms with Gasteiger partial charge >= 0.3 is 0 Å². The van der Waals surface area contributed by atoms with E-state index in [1.165, 1.54) is 15.3 Å². The van der Waals surface area contributed by atoms with E-state index in [1.54, 1.807) is 11.8 Å². The molecule has 0 amide bonds. The number of fused-ring (bicyclic) bond motifs is 1. The van der Waals surface area contributed by atoms with Crippen molar-refractivity contribution in [2.24, 2.45) is 0 Å². The lowest BCUT2D eigenvalue weighted by Crippen LogP contribution is -3.12. The first-order chi connectivity index (χ1) is 12.2. The minimum absolute atomic E-state index is 0.447. The van der Waals surface area contributed by atoms with E-state index in [0.717, 1.165) is 31.1 Å². The zero-order valence-corrected chi connectivity index (χ0v) is 15.8. The lowest BCUT2D eigenvalue weighted by atomic mass is 10.0. The minimum atomic E-state index is 0.447. The Morgan fingerprint density at radius 3 is 2.84 bits per heavy atom. The predicted octanol–water partition coefficient (Wildman–Crippen LogP) is 2.03. The van der Waals surface area contributed by atoms with Crippen LogP contribution in [0, 0.1) is 4.77 Å². The zero-order valence-electron chi connectivity index (χ0n) is 14.2. The van der Waals surface area contributed by atoms with E-state index in [2.05, 4.69) is 28.8 Å². The molecule has 0 bridgehead atoms. The van der Waals surface area contributed by atoms with Crippen LogP contribution in [0.1, 0.15) is 23.4 Å². The molecule has 2 atom stereocenters. The Morgan fingerprint density at radius 1 is 1.28 bits per heavy atom. The standard InChI is InChI=1S/C17H19N5OS2/c1-12-15-8-10-25-16(15)7-9-20(12)11-21-17(24)22(19-18-21)13-3-5-14(23-2)6-4-13/h3-6,8,10,12H,7,9,11H2,1-2H3/p+1/t12-/m0/s1. The molecule has 3 aromatic rings. The van der Waals surface area contributed by atoms with Gasteiger partial charge in [-0.05, 0) is 65.3 Å². The molecule has 130 valence electrons. The average molecular weight is 375 g/mol. The maximum Gasteiger partial charge on any atom is 0.225 e. The van der Waals surface area contributed by atoms with Crippen molar-refractivity contribution < 1.29 is 9.64 Å². The second kappa shape index (κ2) is 6.70. The molecule has 1 unspecified atom stereocenters. The molecule has 3 heterocycles. The summed E-state index contributed by atoms with van der Waals surface area (Å²) in [4.78, 5) is 2.98. The molecule has 1 aromatic carbocycles. The molecule has 1 aliphatic rings. The number of methoxy groups -OCH3 is 1. The Hall–Kier alpha value is -2.03. The Balaban J connectivity index is 1.56. The van der Waals surface area contributed by atoms with Crippen LogP contribution in [-0.4, -0.2) is 33.4 Å². The van der Waals surface area contributed by atoms with Crippen LogP contribution in [0.3, 0.4) is 0 Å². The van der Waals surface area contributed by atoms with Crippen LogP contribution in [0.4, 0.5) is 0 Å².